The Labute approximate surface area is 352 Å². The molecule has 0 fully saturated rings. The molecule has 0 spiro atoms. The summed E-state index contributed by atoms with van der Waals surface area (Å²) in [5, 5.41) is 9.61. The van der Waals surface area contributed by atoms with E-state index < -0.39 is 6.10 Å². The van der Waals surface area contributed by atoms with Gasteiger partial charge in [0.15, 0.2) is 0 Å². The monoisotopic (exact) mass is 787 g/mol. The van der Waals surface area contributed by atoms with Crippen LogP contribution in [0.15, 0.2) is 122 Å². The molecule has 0 heterocycles. The summed E-state index contributed by atoms with van der Waals surface area (Å²) < 4.78 is 11.1. The third-order valence-electron chi connectivity index (χ3n) is 9.30. The van der Waals surface area contributed by atoms with Crippen molar-refractivity contribution in [3.63, 3.8) is 0 Å². The number of hydrogen-bond donors (Lipinski definition) is 1. The summed E-state index contributed by atoms with van der Waals surface area (Å²) >= 11 is 0. The van der Waals surface area contributed by atoms with Crippen LogP contribution in [0.4, 0.5) is 0 Å². The van der Waals surface area contributed by atoms with E-state index in [9.17, 15) is 9.90 Å². The van der Waals surface area contributed by atoms with Crippen molar-refractivity contribution in [3.05, 3.63) is 122 Å². The summed E-state index contributed by atoms with van der Waals surface area (Å²) in [4.78, 5) is 12.2. The van der Waals surface area contributed by atoms with Crippen LogP contribution in [0.2, 0.25) is 0 Å². The maximum atomic E-state index is 12.2. The average Bonchev–Trinajstić information content (AvgIpc) is 3.22. The minimum absolute atomic E-state index is 0.210. The Morgan fingerprint density at radius 3 is 1.11 bits per heavy atom. The molecule has 0 saturated heterocycles. The second kappa shape index (κ2) is 48.9. The minimum atomic E-state index is -0.584. The molecule has 1 atom stereocenters. The molecule has 0 aromatic heterocycles. The van der Waals surface area contributed by atoms with Crippen molar-refractivity contribution in [2.45, 2.75) is 187 Å². The van der Waals surface area contributed by atoms with Gasteiger partial charge in [-0.05, 0) is 89.9 Å². The van der Waals surface area contributed by atoms with Gasteiger partial charge in [-0.25, -0.2) is 0 Å². The second-order valence-corrected chi connectivity index (χ2v) is 14.7. The fraction of sp³-hybridized carbons (Fsp3) is 0.604. The molecule has 0 rings (SSSR count). The summed E-state index contributed by atoms with van der Waals surface area (Å²) in [6.45, 7) is 5.02. The zero-order chi connectivity index (χ0) is 41.2. The van der Waals surface area contributed by atoms with Gasteiger partial charge in [0, 0.05) is 13.0 Å². The highest BCUT2D eigenvalue weighted by Gasteiger charge is 2.13. The zero-order valence-corrected chi connectivity index (χ0v) is 36.8. The lowest BCUT2D eigenvalue weighted by atomic mass is 10.0. The summed E-state index contributed by atoms with van der Waals surface area (Å²) in [5.74, 6) is -0.286. The van der Waals surface area contributed by atoms with Gasteiger partial charge in [0.2, 0.25) is 0 Å². The van der Waals surface area contributed by atoms with Crippen LogP contribution in [0, 0.1) is 0 Å². The molecule has 0 aliphatic heterocycles. The van der Waals surface area contributed by atoms with Gasteiger partial charge >= 0.3 is 5.97 Å². The normalized spacial score (nSPS) is 13.5. The highest BCUT2D eigenvalue weighted by molar-refractivity contribution is 5.69. The Bertz CT molecular complexity index is 1150. The fourth-order valence-corrected chi connectivity index (χ4v) is 5.93. The largest absolute Gasteiger partial charge is 0.457 e. The lowest BCUT2D eigenvalue weighted by Gasteiger charge is -2.15. The van der Waals surface area contributed by atoms with E-state index in [2.05, 4.69) is 129 Å². The van der Waals surface area contributed by atoms with Crippen molar-refractivity contribution in [1.82, 2.24) is 0 Å². The number of carbonyl (C=O) groups excluding carboxylic acids is 1. The van der Waals surface area contributed by atoms with Gasteiger partial charge < -0.3 is 14.6 Å². The number of ether oxygens (including phenoxy) is 2. The van der Waals surface area contributed by atoms with E-state index in [0.717, 1.165) is 77.0 Å². The van der Waals surface area contributed by atoms with Gasteiger partial charge in [0.1, 0.15) is 6.10 Å². The third-order valence-corrected chi connectivity index (χ3v) is 9.30. The van der Waals surface area contributed by atoms with Crippen LogP contribution in [-0.4, -0.2) is 37.0 Å². The van der Waals surface area contributed by atoms with Crippen LogP contribution in [0.3, 0.4) is 0 Å². The molecule has 57 heavy (non-hydrogen) atoms. The molecule has 1 unspecified atom stereocenters. The molecule has 0 aliphatic carbocycles. The number of esters is 1. The number of carbonyl (C=O) groups is 1. The van der Waals surface area contributed by atoms with Crippen molar-refractivity contribution in [1.29, 1.82) is 0 Å². The third kappa shape index (κ3) is 47.1. The van der Waals surface area contributed by atoms with Crippen LogP contribution >= 0.6 is 0 Å². The standard InChI is InChI=1S/C53H86O4/c1-3-5-7-9-11-13-15-17-19-21-23-24-25-26-27-28-29-31-33-35-37-39-41-43-45-47-49-56-51-52(50-54)57-53(55)48-46-44-42-40-38-36-34-32-30-22-20-18-16-14-12-10-8-6-4-2/h5-8,11-14,17-20,23-24,30,32,36,38,42,44,52,54H,3-4,9-10,15-16,21-22,25-29,31,33-35,37,39-41,43,45-51H2,1-2H3/b7-5-,8-6-,13-11-,14-12-,19-17-,20-18-,24-23-,32-30-,38-36-,44-42-. The Morgan fingerprint density at radius 2 is 0.737 bits per heavy atom. The summed E-state index contributed by atoms with van der Waals surface area (Å²) in [5.41, 5.74) is 0. The molecule has 0 amide bonds. The predicted molar refractivity (Wildman–Crippen MR) is 251 cm³/mol. The van der Waals surface area contributed by atoms with Gasteiger partial charge in [0.25, 0.3) is 0 Å². The Kier molecular flexibility index (Phi) is 46.2. The van der Waals surface area contributed by atoms with E-state index in [4.69, 9.17) is 9.47 Å². The van der Waals surface area contributed by atoms with Crippen LogP contribution in [0.1, 0.15) is 181 Å². The fourth-order valence-electron chi connectivity index (χ4n) is 5.93. The smallest absolute Gasteiger partial charge is 0.306 e. The van der Waals surface area contributed by atoms with Crippen LogP contribution in [0.5, 0.6) is 0 Å². The molecule has 322 valence electrons. The number of aliphatic hydroxyl groups excluding tert-OH is 1. The van der Waals surface area contributed by atoms with E-state index >= 15 is 0 Å². The highest BCUT2D eigenvalue weighted by Crippen LogP contribution is 2.13. The van der Waals surface area contributed by atoms with Crippen molar-refractivity contribution in [2.24, 2.45) is 0 Å². The van der Waals surface area contributed by atoms with Crippen molar-refractivity contribution < 1.29 is 19.4 Å². The van der Waals surface area contributed by atoms with Gasteiger partial charge in [-0.3, -0.25) is 4.79 Å². The molecule has 0 radical (unpaired) electrons. The van der Waals surface area contributed by atoms with Gasteiger partial charge in [-0.1, -0.05) is 206 Å². The Balaban J connectivity index is 3.55. The lowest BCUT2D eigenvalue weighted by molar-refractivity contribution is -0.154. The van der Waals surface area contributed by atoms with E-state index in [1.165, 1.54) is 77.0 Å². The molecule has 0 saturated carbocycles. The van der Waals surface area contributed by atoms with E-state index in [-0.39, 0.29) is 19.2 Å². The van der Waals surface area contributed by atoms with Crippen LogP contribution < -0.4 is 0 Å². The van der Waals surface area contributed by atoms with E-state index in [0.29, 0.717) is 19.4 Å². The van der Waals surface area contributed by atoms with Crippen molar-refractivity contribution in [2.75, 3.05) is 19.8 Å². The lowest BCUT2D eigenvalue weighted by Crippen LogP contribution is -2.27. The van der Waals surface area contributed by atoms with Gasteiger partial charge in [-0.2, -0.15) is 0 Å². The molecule has 1 N–H and O–H groups in total. The molecule has 0 aromatic rings. The number of hydrogen-bond acceptors (Lipinski definition) is 4. The summed E-state index contributed by atoms with van der Waals surface area (Å²) in [7, 11) is 0. The first-order valence-corrected chi connectivity index (χ1v) is 23.1. The molecule has 0 aliphatic rings. The van der Waals surface area contributed by atoms with Gasteiger partial charge in [-0.15, -0.1) is 0 Å². The number of rotatable bonds is 41. The Morgan fingerprint density at radius 1 is 0.421 bits per heavy atom. The maximum Gasteiger partial charge on any atom is 0.306 e. The molecule has 4 heteroatoms. The molecular formula is C53H86O4. The maximum absolute atomic E-state index is 12.2. The SMILES string of the molecule is CC/C=C\C/C=C\C/C=C\C/C=C\C/C=C\C/C=C\CCC(=O)OC(CO)COCCCCCCCCCCCCCCC/C=C\C/C=C\C/C=C\C/C=C\CC. The molecular weight excluding hydrogens is 701 g/mol. The molecule has 4 nitrogen and oxygen atoms in total. The first-order chi connectivity index (χ1) is 28.2. The first kappa shape index (κ1) is 53.8. The van der Waals surface area contributed by atoms with E-state index in [1.807, 2.05) is 6.08 Å². The highest BCUT2D eigenvalue weighted by atomic mass is 16.6. The molecule has 0 bridgehead atoms. The first-order valence-electron chi connectivity index (χ1n) is 23.1. The number of unbranched alkanes of at least 4 members (excludes halogenated alkanes) is 13. The minimum Gasteiger partial charge on any atom is -0.457 e. The quantitative estimate of drug-likeness (QED) is 0.0381. The Hall–Kier alpha value is -3.21. The van der Waals surface area contributed by atoms with Crippen molar-refractivity contribution >= 4 is 5.97 Å². The number of aliphatic hydroxyl groups is 1. The van der Waals surface area contributed by atoms with Crippen molar-refractivity contribution in [3.8, 4) is 0 Å². The number of allylic oxidation sites excluding steroid dienone is 20. The second-order valence-electron chi connectivity index (χ2n) is 14.7. The predicted octanol–water partition coefficient (Wildman–Crippen LogP) is 15.7. The van der Waals surface area contributed by atoms with Gasteiger partial charge in [0.05, 0.1) is 13.2 Å². The topological polar surface area (TPSA) is 55.8 Å². The molecule has 0 aromatic carbocycles. The average molecular weight is 787 g/mol. The summed E-state index contributed by atoms with van der Waals surface area (Å²) in [6.07, 6.45) is 72.8. The van der Waals surface area contributed by atoms with E-state index in [1.54, 1.807) is 0 Å². The van der Waals surface area contributed by atoms with Crippen LogP contribution in [-0.2, 0) is 14.3 Å². The van der Waals surface area contributed by atoms with Crippen LogP contribution in [0.25, 0.3) is 0 Å². The summed E-state index contributed by atoms with van der Waals surface area (Å²) in [6, 6.07) is 0. The zero-order valence-electron chi connectivity index (χ0n) is 36.8.